The second-order valence-electron chi connectivity index (χ2n) is 6.02. The topological polar surface area (TPSA) is 59.6 Å². The average molecular weight is 306 g/mol. The molecule has 0 saturated carbocycles. The maximum Gasteiger partial charge on any atom is 0.221 e. The highest BCUT2D eigenvalue weighted by Gasteiger charge is 2.16. The summed E-state index contributed by atoms with van der Waals surface area (Å²) in [5.74, 6) is 1.34. The van der Waals surface area contributed by atoms with Crippen LogP contribution in [0.25, 0.3) is 0 Å². The molecule has 1 heterocycles. The van der Waals surface area contributed by atoms with Crippen LogP contribution in [0.1, 0.15) is 25.8 Å². The Morgan fingerprint density at radius 3 is 3.00 bits per heavy atom. The standard InChI is InChI=1S/C17H26N2O3/c1-13(2)11-22-16-6-4-3-5-14(16)10-19-17(20)9-15-12-21-8-7-18-15/h3-6,13,15,18H,7-12H2,1-2H3,(H,19,20). The molecule has 0 aromatic heterocycles. The van der Waals surface area contributed by atoms with Crippen molar-refractivity contribution in [2.75, 3.05) is 26.4 Å². The SMILES string of the molecule is CC(C)COc1ccccc1CNC(=O)CC1COCCN1. The lowest BCUT2D eigenvalue weighted by Gasteiger charge is -2.23. The maximum absolute atomic E-state index is 12.0. The Kier molecular flexibility index (Phi) is 6.68. The molecule has 1 unspecified atom stereocenters. The van der Waals surface area contributed by atoms with Gasteiger partial charge >= 0.3 is 0 Å². The number of hydrogen-bond donors (Lipinski definition) is 2. The number of rotatable bonds is 7. The molecule has 0 spiro atoms. The Balaban J connectivity index is 1.81. The van der Waals surface area contributed by atoms with Gasteiger partial charge in [0.25, 0.3) is 0 Å². The van der Waals surface area contributed by atoms with Gasteiger partial charge in [0.1, 0.15) is 5.75 Å². The van der Waals surface area contributed by atoms with Crippen molar-refractivity contribution in [3.8, 4) is 5.75 Å². The van der Waals surface area contributed by atoms with Crippen molar-refractivity contribution in [1.29, 1.82) is 0 Å². The summed E-state index contributed by atoms with van der Waals surface area (Å²) in [7, 11) is 0. The van der Waals surface area contributed by atoms with Gasteiger partial charge in [0.2, 0.25) is 5.91 Å². The summed E-state index contributed by atoms with van der Waals surface area (Å²) < 4.78 is 11.2. The molecule has 0 bridgehead atoms. The molecule has 2 rings (SSSR count). The van der Waals surface area contributed by atoms with Crippen LogP contribution in [-0.4, -0.2) is 38.3 Å². The van der Waals surface area contributed by atoms with Crippen LogP contribution in [0, 0.1) is 5.92 Å². The molecular formula is C17H26N2O3. The minimum absolute atomic E-state index is 0.0293. The van der Waals surface area contributed by atoms with E-state index in [4.69, 9.17) is 9.47 Å². The van der Waals surface area contributed by atoms with E-state index >= 15 is 0 Å². The Hall–Kier alpha value is -1.59. The van der Waals surface area contributed by atoms with E-state index in [0.29, 0.717) is 32.1 Å². The molecule has 1 saturated heterocycles. The van der Waals surface area contributed by atoms with Gasteiger partial charge in [-0.1, -0.05) is 32.0 Å². The lowest BCUT2D eigenvalue weighted by molar-refractivity contribution is -0.122. The maximum atomic E-state index is 12.0. The first-order valence-electron chi connectivity index (χ1n) is 7.93. The molecule has 1 fully saturated rings. The van der Waals surface area contributed by atoms with Gasteiger partial charge in [-0.3, -0.25) is 4.79 Å². The Morgan fingerprint density at radius 1 is 1.45 bits per heavy atom. The quantitative estimate of drug-likeness (QED) is 0.805. The zero-order valence-electron chi connectivity index (χ0n) is 13.4. The summed E-state index contributed by atoms with van der Waals surface area (Å²) in [6.07, 6.45) is 0.440. The molecular weight excluding hydrogens is 280 g/mol. The zero-order chi connectivity index (χ0) is 15.8. The van der Waals surface area contributed by atoms with E-state index < -0.39 is 0 Å². The van der Waals surface area contributed by atoms with Crippen LogP contribution in [-0.2, 0) is 16.1 Å². The Morgan fingerprint density at radius 2 is 2.27 bits per heavy atom. The fraction of sp³-hybridized carbons (Fsp3) is 0.588. The van der Waals surface area contributed by atoms with Gasteiger partial charge in [-0.05, 0) is 12.0 Å². The fourth-order valence-electron chi connectivity index (χ4n) is 2.29. The van der Waals surface area contributed by atoms with Crippen molar-refractivity contribution in [2.45, 2.75) is 32.9 Å². The summed E-state index contributed by atoms with van der Waals surface area (Å²) in [6.45, 7) is 7.52. The molecule has 1 aliphatic rings. The van der Waals surface area contributed by atoms with E-state index in [1.807, 2.05) is 24.3 Å². The lowest BCUT2D eigenvalue weighted by Crippen LogP contribution is -2.44. The van der Waals surface area contributed by atoms with Gasteiger partial charge in [-0.25, -0.2) is 0 Å². The number of morpholine rings is 1. The van der Waals surface area contributed by atoms with Crippen molar-refractivity contribution < 1.29 is 14.3 Å². The van der Waals surface area contributed by atoms with E-state index in [1.165, 1.54) is 0 Å². The van der Waals surface area contributed by atoms with Crippen LogP contribution in [0.5, 0.6) is 5.75 Å². The highest BCUT2D eigenvalue weighted by molar-refractivity contribution is 5.76. The first-order valence-corrected chi connectivity index (χ1v) is 7.93. The summed E-state index contributed by atoms with van der Waals surface area (Å²) in [4.78, 5) is 12.0. The van der Waals surface area contributed by atoms with E-state index in [1.54, 1.807) is 0 Å². The third-order valence-electron chi connectivity index (χ3n) is 3.45. The minimum atomic E-state index is 0.0293. The van der Waals surface area contributed by atoms with Crippen molar-refractivity contribution in [1.82, 2.24) is 10.6 Å². The molecule has 1 atom stereocenters. The predicted molar refractivity (Wildman–Crippen MR) is 85.8 cm³/mol. The second kappa shape index (κ2) is 8.76. The Labute approximate surface area is 132 Å². The summed E-state index contributed by atoms with van der Waals surface area (Å²) >= 11 is 0. The highest BCUT2D eigenvalue weighted by atomic mass is 16.5. The highest BCUT2D eigenvalue weighted by Crippen LogP contribution is 2.18. The number of carbonyl (C=O) groups is 1. The molecule has 1 aromatic carbocycles. The fourth-order valence-corrected chi connectivity index (χ4v) is 2.29. The third-order valence-corrected chi connectivity index (χ3v) is 3.45. The summed E-state index contributed by atoms with van der Waals surface area (Å²) in [5, 5.41) is 6.24. The second-order valence-corrected chi connectivity index (χ2v) is 6.02. The van der Waals surface area contributed by atoms with Gasteiger partial charge in [-0.2, -0.15) is 0 Å². The lowest BCUT2D eigenvalue weighted by atomic mass is 10.1. The minimum Gasteiger partial charge on any atom is -0.493 e. The summed E-state index contributed by atoms with van der Waals surface area (Å²) in [5.41, 5.74) is 1.00. The van der Waals surface area contributed by atoms with Gasteiger partial charge in [-0.15, -0.1) is 0 Å². The molecule has 5 nitrogen and oxygen atoms in total. The van der Waals surface area contributed by atoms with E-state index in [9.17, 15) is 4.79 Å². The van der Waals surface area contributed by atoms with Crippen molar-refractivity contribution in [2.24, 2.45) is 5.92 Å². The van der Waals surface area contributed by atoms with Crippen LogP contribution in [0.2, 0.25) is 0 Å². The first kappa shape index (κ1) is 16.8. The molecule has 1 aromatic rings. The first-order chi connectivity index (χ1) is 10.6. The number of nitrogens with one attached hydrogen (secondary N) is 2. The van der Waals surface area contributed by atoms with Gasteiger partial charge in [0.15, 0.2) is 0 Å². The van der Waals surface area contributed by atoms with Gasteiger partial charge in [0, 0.05) is 31.1 Å². The normalized spacial score (nSPS) is 18.2. The molecule has 5 heteroatoms. The Bertz CT molecular complexity index is 471. The van der Waals surface area contributed by atoms with E-state index in [-0.39, 0.29) is 11.9 Å². The van der Waals surface area contributed by atoms with E-state index in [0.717, 1.165) is 24.5 Å². The number of benzene rings is 1. The molecule has 2 N–H and O–H groups in total. The number of ether oxygens (including phenoxy) is 2. The van der Waals surface area contributed by atoms with Crippen LogP contribution in [0.3, 0.4) is 0 Å². The average Bonchev–Trinajstić information content (AvgIpc) is 2.52. The summed E-state index contributed by atoms with van der Waals surface area (Å²) in [6, 6.07) is 7.95. The number of carbonyl (C=O) groups excluding carboxylic acids is 1. The number of amides is 1. The molecule has 1 aliphatic heterocycles. The number of para-hydroxylation sites is 1. The molecule has 0 aliphatic carbocycles. The molecule has 122 valence electrons. The molecule has 0 radical (unpaired) electrons. The van der Waals surface area contributed by atoms with E-state index in [2.05, 4.69) is 24.5 Å². The van der Waals surface area contributed by atoms with Crippen molar-refractivity contribution in [3.63, 3.8) is 0 Å². The largest absolute Gasteiger partial charge is 0.493 e. The monoisotopic (exact) mass is 306 g/mol. The van der Waals surface area contributed by atoms with Crippen LogP contribution >= 0.6 is 0 Å². The zero-order valence-corrected chi connectivity index (χ0v) is 13.4. The van der Waals surface area contributed by atoms with Crippen LogP contribution in [0.15, 0.2) is 24.3 Å². The van der Waals surface area contributed by atoms with Crippen LogP contribution in [0.4, 0.5) is 0 Å². The van der Waals surface area contributed by atoms with Gasteiger partial charge < -0.3 is 20.1 Å². The molecule has 22 heavy (non-hydrogen) atoms. The smallest absolute Gasteiger partial charge is 0.221 e. The van der Waals surface area contributed by atoms with Crippen LogP contribution < -0.4 is 15.4 Å². The van der Waals surface area contributed by atoms with Gasteiger partial charge in [0.05, 0.1) is 19.8 Å². The number of hydrogen-bond acceptors (Lipinski definition) is 4. The predicted octanol–water partition coefficient (Wildman–Crippen LogP) is 1.72. The van der Waals surface area contributed by atoms with Crippen molar-refractivity contribution in [3.05, 3.63) is 29.8 Å². The molecule has 1 amide bonds. The third kappa shape index (κ3) is 5.66. The van der Waals surface area contributed by atoms with Crippen molar-refractivity contribution >= 4 is 5.91 Å².